The molecule has 1 aromatic rings. The second-order valence-electron chi connectivity index (χ2n) is 4.31. The molecule has 0 spiro atoms. The molecule has 0 aromatic heterocycles. The first-order chi connectivity index (χ1) is 7.86. The Hall–Kier alpha value is -1.35. The molecule has 0 fully saturated rings. The van der Waals surface area contributed by atoms with Gasteiger partial charge in [0, 0.05) is 12.1 Å². The van der Waals surface area contributed by atoms with Crippen LogP contribution in [0.5, 0.6) is 0 Å². The van der Waals surface area contributed by atoms with E-state index in [1.807, 2.05) is 24.3 Å². The number of ketones is 1. The maximum absolute atomic E-state index is 12.3. The number of amidine groups is 1. The van der Waals surface area contributed by atoms with Crippen LogP contribution in [-0.2, 0) is 6.42 Å². The molecule has 1 heterocycles. The highest BCUT2D eigenvalue weighted by molar-refractivity contribution is 6.13. The lowest BCUT2D eigenvalue weighted by Gasteiger charge is -2.23. The van der Waals surface area contributed by atoms with Crippen LogP contribution in [0.3, 0.4) is 0 Å². The van der Waals surface area contributed by atoms with Gasteiger partial charge in [-0.25, -0.2) is 0 Å². The zero-order valence-electron chi connectivity index (χ0n) is 9.48. The van der Waals surface area contributed by atoms with Crippen LogP contribution >= 0.6 is 12.4 Å². The summed E-state index contributed by atoms with van der Waals surface area (Å²) in [6.07, 6.45) is 1.87. The highest BCUT2D eigenvalue weighted by atomic mass is 35.5. The number of Topliss-reactive ketones (excluding diaryl/α,β-unsaturated/α-hetero) is 1. The Balaban J connectivity index is 0.00000108. The lowest BCUT2D eigenvalue weighted by atomic mass is 9.82. The van der Waals surface area contributed by atoms with E-state index in [2.05, 4.69) is 10.3 Å². The number of benzene rings is 1. The van der Waals surface area contributed by atoms with Crippen LogP contribution in [0.2, 0.25) is 0 Å². The molecule has 1 unspecified atom stereocenters. The van der Waals surface area contributed by atoms with Crippen molar-refractivity contribution in [1.82, 2.24) is 5.32 Å². The van der Waals surface area contributed by atoms with E-state index in [-0.39, 0.29) is 24.1 Å². The normalized spacial score (nSPS) is 22.2. The molecule has 1 N–H and O–H groups in total. The SMILES string of the molecule is Cl.O=C1c2ccccc2CCC1C1=NCCN1. The monoisotopic (exact) mass is 250 g/mol. The van der Waals surface area contributed by atoms with E-state index in [0.717, 1.165) is 37.3 Å². The number of carbonyl (C=O) groups excluding carboxylic acids is 1. The van der Waals surface area contributed by atoms with E-state index in [1.165, 1.54) is 5.56 Å². The lowest BCUT2D eigenvalue weighted by Crippen LogP contribution is -2.35. The van der Waals surface area contributed by atoms with Crippen molar-refractivity contribution in [2.45, 2.75) is 12.8 Å². The van der Waals surface area contributed by atoms with Crippen LogP contribution in [0.1, 0.15) is 22.3 Å². The van der Waals surface area contributed by atoms with Gasteiger partial charge in [0.1, 0.15) is 5.84 Å². The van der Waals surface area contributed by atoms with Gasteiger partial charge in [-0.2, -0.15) is 0 Å². The molecule has 4 heteroatoms. The van der Waals surface area contributed by atoms with Crippen molar-refractivity contribution < 1.29 is 4.79 Å². The molecule has 2 aliphatic rings. The van der Waals surface area contributed by atoms with Crippen LogP contribution in [0.15, 0.2) is 29.3 Å². The van der Waals surface area contributed by atoms with Gasteiger partial charge < -0.3 is 5.32 Å². The summed E-state index contributed by atoms with van der Waals surface area (Å²) in [5.74, 6) is 1.10. The molecule has 1 atom stereocenters. The summed E-state index contributed by atoms with van der Waals surface area (Å²) in [7, 11) is 0. The predicted molar refractivity (Wildman–Crippen MR) is 70.1 cm³/mol. The number of carbonyl (C=O) groups is 1. The third kappa shape index (κ3) is 2.07. The van der Waals surface area contributed by atoms with Crippen LogP contribution in [-0.4, -0.2) is 24.7 Å². The summed E-state index contributed by atoms with van der Waals surface area (Å²) in [4.78, 5) is 16.7. The highest BCUT2D eigenvalue weighted by Crippen LogP contribution is 2.26. The molecule has 17 heavy (non-hydrogen) atoms. The van der Waals surface area contributed by atoms with Gasteiger partial charge in [-0.3, -0.25) is 9.79 Å². The molecule has 1 aliphatic heterocycles. The number of rotatable bonds is 1. The maximum Gasteiger partial charge on any atom is 0.173 e. The van der Waals surface area contributed by atoms with E-state index in [1.54, 1.807) is 0 Å². The zero-order chi connectivity index (χ0) is 11.0. The van der Waals surface area contributed by atoms with Gasteiger partial charge in [0.25, 0.3) is 0 Å². The van der Waals surface area contributed by atoms with E-state index in [0.29, 0.717) is 0 Å². The van der Waals surface area contributed by atoms with E-state index in [9.17, 15) is 4.79 Å². The van der Waals surface area contributed by atoms with Crippen LogP contribution < -0.4 is 5.32 Å². The molecule has 90 valence electrons. The molecule has 0 radical (unpaired) electrons. The van der Waals surface area contributed by atoms with Crippen LogP contribution in [0.4, 0.5) is 0 Å². The summed E-state index contributed by atoms with van der Waals surface area (Å²) < 4.78 is 0. The quantitative estimate of drug-likeness (QED) is 0.827. The molecule has 0 saturated carbocycles. The number of nitrogens with one attached hydrogen (secondary N) is 1. The molecule has 0 amide bonds. The Kier molecular flexibility index (Phi) is 3.48. The Bertz CT molecular complexity index is 470. The molecular formula is C13H15ClN2O. The molecule has 0 saturated heterocycles. The van der Waals surface area contributed by atoms with Crippen molar-refractivity contribution in [3.63, 3.8) is 0 Å². The zero-order valence-corrected chi connectivity index (χ0v) is 10.3. The fourth-order valence-corrected chi connectivity index (χ4v) is 2.51. The van der Waals surface area contributed by atoms with Crippen molar-refractivity contribution in [2.75, 3.05) is 13.1 Å². The van der Waals surface area contributed by atoms with Crippen molar-refractivity contribution >= 4 is 24.0 Å². The van der Waals surface area contributed by atoms with Gasteiger partial charge in [0.15, 0.2) is 5.78 Å². The Labute approximate surface area is 107 Å². The Morgan fingerprint density at radius 1 is 1.29 bits per heavy atom. The van der Waals surface area contributed by atoms with Gasteiger partial charge >= 0.3 is 0 Å². The second kappa shape index (κ2) is 4.88. The highest BCUT2D eigenvalue weighted by Gasteiger charge is 2.31. The van der Waals surface area contributed by atoms with Gasteiger partial charge in [0.2, 0.25) is 0 Å². The fraction of sp³-hybridized carbons (Fsp3) is 0.385. The standard InChI is InChI=1S/C13H14N2O.ClH/c16-12-10-4-2-1-3-9(10)5-6-11(12)13-14-7-8-15-13;/h1-4,11H,5-8H2,(H,14,15);1H. The summed E-state index contributed by atoms with van der Waals surface area (Å²) >= 11 is 0. The fourth-order valence-electron chi connectivity index (χ4n) is 2.51. The van der Waals surface area contributed by atoms with Crippen molar-refractivity contribution in [3.8, 4) is 0 Å². The predicted octanol–water partition coefficient (Wildman–Crippen LogP) is 1.86. The minimum atomic E-state index is -0.0302. The van der Waals surface area contributed by atoms with Crippen molar-refractivity contribution in [1.29, 1.82) is 0 Å². The van der Waals surface area contributed by atoms with Gasteiger partial charge in [-0.1, -0.05) is 24.3 Å². The smallest absolute Gasteiger partial charge is 0.173 e. The molecule has 3 rings (SSSR count). The number of aryl methyl sites for hydroxylation is 1. The number of halogens is 1. The molecule has 1 aromatic carbocycles. The number of nitrogens with zero attached hydrogens (tertiary/aromatic N) is 1. The summed E-state index contributed by atoms with van der Waals surface area (Å²) in [6.45, 7) is 1.68. The average molecular weight is 251 g/mol. The van der Waals surface area contributed by atoms with E-state index >= 15 is 0 Å². The van der Waals surface area contributed by atoms with Crippen molar-refractivity contribution in [3.05, 3.63) is 35.4 Å². The molecule has 1 aliphatic carbocycles. The van der Waals surface area contributed by atoms with Gasteiger partial charge in [-0.15, -0.1) is 12.4 Å². The largest absolute Gasteiger partial charge is 0.371 e. The summed E-state index contributed by atoms with van der Waals surface area (Å²) in [5, 5.41) is 3.22. The lowest BCUT2D eigenvalue weighted by molar-refractivity contribution is 0.0939. The second-order valence-corrected chi connectivity index (χ2v) is 4.31. The van der Waals surface area contributed by atoms with Gasteiger partial charge in [-0.05, 0) is 18.4 Å². The van der Waals surface area contributed by atoms with Crippen LogP contribution in [0, 0.1) is 5.92 Å². The minimum Gasteiger partial charge on any atom is -0.371 e. The Morgan fingerprint density at radius 3 is 2.88 bits per heavy atom. The van der Waals surface area contributed by atoms with Crippen LogP contribution in [0.25, 0.3) is 0 Å². The maximum atomic E-state index is 12.3. The minimum absolute atomic E-state index is 0. The first kappa shape index (κ1) is 12.1. The number of hydrogen-bond donors (Lipinski definition) is 1. The van der Waals surface area contributed by atoms with Gasteiger partial charge in [0.05, 0.1) is 12.5 Å². The number of fused-ring (bicyclic) bond motifs is 1. The van der Waals surface area contributed by atoms with E-state index in [4.69, 9.17) is 0 Å². The summed E-state index contributed by atoms with van der Waals surface area (Å²) in [6, 6.07) is 7.91. The number of aliphatic imine (C=N–C) groups is 1. The molecule has 0 bridgehead atoms. The first-order valence-corrected chi connectivity index (χ1v) is 5.76. The molecular weight excluding hydrogens is 236 g/mol. The topological polar surface area (TPSA) is 41.5 Å². The third-order valence-corrected chi connectivity index (χ3v) is 3.33. The van der Waals surface area contributed by atoms with E-state index < -0.39 is 0 Å². The average Bonchev–Trinajstić information content (AvgIpc) is 2.83. The Morgan fingerprint density at radius 2 is 2.12 bits per heavy atom. The molecule has 3 nitrogen and oxygen atoms in total. The first-order valence-electron chi connectivity index (χ1n) is 5.76. The third-order valence-electron chi connectivity index (χ3n) is 3.33. The number of hydrogen-bond acceptors (Lipinski definition) is 3. The summed E-state index contributed by atoms with van der Waals surface area (Å²) in [5.41, 5.74) is 2.07. The van der Waals surface area contributed by atoms with Crippen molar-refractivity contribution in [2.24, 2.45) is 10.9 Å².